The lowest BCUT2D eigenvalue weighted by Gasteiger charge is -2.39. The molecule has 4 nitrogen and oxygen atoms in total. The fraction of sp³-hybridized carbons (Fsp3) is 0.938. The van der Waals surface area contributed by atoms with Crippen molar-refractivity contribution >= 4 is 5.91 Å². The first-order chi connectivity index (χ1) is 9.41. The molecule has 0 bridgehead atoms. The highest BCUT2D eigenvalue weighted by molar-refractivity contribution is 5.79. The van der Waals surface area contributed by atoms with Gasteiger partial charge < -0.3 is 14.7 Å². The topological polar surface area (TPSA) is 49.8 Å². The van der Waals surface area contributed by atoms with E-state index in [0.29, 0.717) is 25.1 Å². The number of aliphatic hydroxyl groups excluding tert-OH is 1. The van der Waals surface area contributed by atoms with Crippen molar-refractivity contribution < 1.29 is 14.6 Å². The SMILES string of the molecule is CC(C)(C)C1CCC(C(=O)N2CCOC(CO)C2)CC1. The van der Waals surface area contributed by atoms with E-state index in [-0.39, 0.29) is 24.5 Å². The molecule has 0 aromatic rings. The second-order valence-corrected chi connectivity index (χ2v) is 7.37. The number of rotatable bonds is 2. The van der Waals surface area contributed by atoms with Crippen molar-refractivity contribution in [2.45, 2.75) is 52.6 Å². The minimum Gasteiger partial charge on any atom is -0.394 e. The quantitative estimate of drug-likeness (QED) is 0.844. The van der Waals surface area contributed by atoms with Gasteiger partial charge in [0.25, 0.3) is 0 Å². The minimum absolute atomic E-state index is 0.000541. The summed E-state index contributed by atoms with van der Waals surface area (Å²) in [5.74, 6) is 1.20. The van der Waals surface area contributed by atoms with E-state index in [1.54, 1.807) is 0 Å². The summed E-state index contributed by atoms with van der Waals surface area (Å²) in [6.07, 6.45) is 4.16. The summed E-state index contributed by atoms with van der Waals surface area (Å²) in [6.45, 7) is 8.67. The molecule has 2 aliphatic rings. The van der Waals surface area contributed by atoms with Gasteiger partial charge in [-0.25, -0.2) is 0 Å². The van der Waals surface area contributed by atoms with E-state index in [4.69, 9.17) is 9.84 Å². The molecule has 116 valence electrons. The van der Waals surface area contributed by atoms with Gasteiger partial charge in [0.05, 0.1) is 19.3 Å². The zero-order chi connectivity index (χ0) is 14.8. The number of morpholine rings is 1. The summed E-state index contributed by atoms with van der Waals surface area (Å²) in [4.78, 5) is 14.5. The molecule has 2 rings (SSSR count). The highest BCUT2D eigenvalue weighted by Gasteiger charge is 2.35. The lowest BCUT2D eigenvalue weighted by Crippen LogP contribution is -2.49. The zero-order valence-electron chi connectivity index (χ0n) is 13.1. The molecular formula is C16H29NO3. The highest BCUT2D eigenvalue weighted by Crippen LogP contribution is 2.40. The molecule has 2 fully saturated rings. The van der Waals surface area contributed by atoms with Crippen LogP contribution in [0.2, 0.25) is 0 Å². The van der Waals surface area contributed by atoms with Crippen molar-refractivity contribution in [1.29, 1.82) is 0 Å². The number of amides is 1. The number of carbonyl (C=O) groups is 1. The number of aliphatic hydroxyl groups is 1. The molecule has 1 saturated carbocycles. The Hall–Kier alpha value is -0.610. The van der Waals surface area contributed by atoms with E-state index in [9.17, 15) is 4.79 Å². The molecule has 1 N–H and O–H groups in total. The summed E-state index contributed by atoms with van der Waals surface area (Å²) in [6, 6.07) is 0. The van der Waals surface area contributed by atoms with Crippen molar-refractivity contribution in [3.05, 3.63) is 0 Å². The summed E-state index contributed by atoms with van der Waals surface area (Å²) in [5, 5.41) is 9.16. The first-order valence-corrected chi connectivity index (χ1v) is 7.93. The molecule has 1 unspecified atom stereocenters. The second kappa shape index (κ2) is 6.44. The largest absolute Gasteiger partial charge is 0.394 e. The van der Waals surface area contributed by atoms with E-state index in [1.165, 1.54) is 0 Å². The van der Waals surface area contributed by atoms with Crippen molar-refractivity contribution in [3.8, 4) is 0 Å². The summed E-state index contributed by atoms with van der Waals surface area (Å²) < 4.78 is 5.41. The van der Waals surface area contributed by atoms with Crippen molar-refractivity contribution in [1.82, 2.24) is 4.90 Å². The summed E-state index contributed by atoms with van der Waals surface area (Å²) in [5.41, 5.74) is 0.356. The van der Waals surface area contributed by atoms with E-state index in [0.717, 1.165) is 31.6 Å². The van der Waals surface area contributed by atoms with Crippen molar-refractivity contribution in [2.24, 2.45) is 17.3 Å². The van der Waals surface area contributed by atoms with Crippen LogP contribution in [-0.2, 0) is 9.53 Å². The van der Waals surface area contributed by atoms with Crippen molar-refractivity contribution in [3.63, 3.8) is 0 Å². The Morgan fingerprint density at radius 1 is 1.25 bits per heavy atom. The van der Waals surface area contributed by atoms with Crippen LogP contribution in [0.4, 0.5) is 0 Å². The fourth-order valence-corrected chi connectivity index (χ4v) is 3.49. The number of ether oxygens (including phenoxy) is 1. The summed E-state index contributed by atoms with van der Waals surface area (Å²) in [7, 11) is 0. The Labute approximate surface area is 122 Å². The molecule has 0 spiro atoms. The maximum atomic E-state index is 12.6. The lowest BCUT2D eigenvalue weighted by atomic mass is 9.69. The van der Waals surface area contributed by atoms with Gasteiger partial charge in [-0.1, -0.05) is 20.8 Å². The van der Waals surface area contributed by atoms with Crippen LogP contribution in [0.1, 0.15) is 46.5 Å². The number of nitrogens with zero attached hydrogens (tertiary/aromatic N) is 1. The molecule has 1 atom stereocenters. The van der Waals surface area contributed by atoms with Crippen LogP contribution in [-0.4, -0.2) is 48.3 Å². The summed E-state index contributed by atoms with van der Waals surface area (Å²) >= 11 is 0. The van der Waals surface area contributed by atoms with Gasteiger partial charge >= 0.3 is 0 Å². The van der Waals surface area contributed by atoms with Gasteiger partial charge in [0.15, 0.2) is 0 Å². The molecular weight excluding hydrogens is 254 g/mol. The molecule has 1 aliphatic carbocycles. The van der Waals surface area contributed by atoms with Crippen LogP contribution >= 0.6 is 0 Å². The molecule has 20 heavy (non-hydrogen) atoms. The minimum atomic E-state index is -0.196. The molecule has 0 radical (unpaired) electrons. The number of carbonyl (C=O) groups excluding carboxylic acids is 1. The standard InChI is InChI=1S/C16H29NO3/c1-16(2,3)13-6-4-12(5-7-13)15(19)17-8-9-20-14(10-17)11-18/h12-14,18H,4-11H2,1-3H3. The molecule has 0 aromatic carbocycles. The van der Waals surface area contributed by atoms with Crippen LogP contribution < -0.4 is 0 Å². The predicted octanol–water partition coefficient (Wildman–Crippen LogP) is 2.06. The van der Waals surface area contributed by atoms with E-state index >= 15 is 0 Å². The Bertz CT molecular complexity index is 329. The molecule has 1 aliphatic heterocycles. The smallest absolute Gasteiger partial charge is 0.225 e. The van der Waals surface area contributed by atoms with E-state index in [1.807, 2.05) is 4.90 Å². The predicted molar refractivity (Wildman–Crippen MR) is 78.3 cm³/mol. The first-order valence-electron chi connectivity index (χ1n) is 7.93. The Morgan fingerprint density at radius 3 is 2.45 bits per heavy atom. The number of hydrogen-bond acceptors (Lipinski definition) is 3. The van der Waals surface area contributed by atoms with Crippen LogP contribution in [0.25, 0.3) is 0 Å². The molecule has 4 heteroatoms. The number of hydrogen-bond donors (Lipinski definition) is 1. The fourth-order valence-electron chi connectivity index (χ4n) is 3.49. The Kier molecular flexibility index (Phi) is 5.08. The third-order valence-electron chi connectivity index (χ3n) is 4.96. The van der Waals surface area contributed by atoms with Gasteiger partial charge in [0, 0.05) is 19.0 Å². The van der Waals surface area contributed by atoms with Gasteiger partial charge in [-0.3, -0.25) is 4.79 Å². The highest BCUT2D eigenvalue weighted by atomic mass is 16.5. The molecule has 1 amide bonds. The Morgan fingerprint density at radius 2 is 1.90 bits per heavy atom. The lowest BCUT2D eigenvalue weighted by molar-refractivity contribution is -0.146. The average Bonchev–Trinajstić information content (AvgIpc) is 2.46. The van der Waals surface area contributed by atoms with Crippen LogP contribution in [0, 0.1) is 17.3 Å². The van der Waals surface area contributed by atoms with Gasteiger partial charge in [0.2, 0.25) is 5.91 Å². The van der Waals surface area contributed by atoms with Gasteiger partial charge in [0.1, 0.15) is 0 Å². The Balaban J connectivity index is 1.85. The van der Waals surface area contributed by atoms with Gasteiger partial charge in [-0.05, 0) is 37.0 Å². The second-order valence-electron chi connectivity index (χ2n) is 7.37. The van der Waals surface area contributed by atoms with Crippen LogP contribution in [0.15, 0.2) is 0 Å². The third kappa shape index (κ3) is 3.73. The van der Waals surface area contributed by atoms with E-state index < -0.39 is 0 Å². The van der Waals surface area contributed by atoms with Crippen LogP contribution in [0.3, 0.4) is 0 Å². The first kappa shape index (κ1) is 15.8. The van der Waals surface area contributed by atoms with Gasteiger partial charge in [-0.15, -0.1) is 0 Å². The van der Waals surface area contributed by atoms with Gasteiger partial charge in [-0.2, -0.15) is 0 Å². The van der Waals surface area contributed by atoms with E-state index in [2.05, 4.69) is 20.8 Å². The maximum Gasteiger partial charge on any atom is 0.225 e. The normalized spacial score (nSPS) is 32.2. The molecule has 1 saturated heterocycles. The average molecular weight is 283 g/mol. The third-order valence-corrected chi connectivity index (χ3v) is 4.96. The molecule has 0 aromatic heterocycles. The maximum absolute atomic E-state index is 12.6. The molecule has 1 heterocycles. The monoisotopic (exact) mass is 283 g/mol. The zero-order valence-corrected chi connectivity index (χ0v) is 13.1. The van der Waals surface area contributed by atoms with Crippen molar-refractivity contribution in [2.75, 3.05) is 26.3 Å². The van der Waals surface area contributed by atoms with Crippen LogP contribution in [0.5, 0.6) is 0 Å².